The van der Waals surface area contributed by atoms with E-state index in [1.54, 1.807) is 0 Å². The molecular formula is C16H23N3O3. The molecule has 0 spiro atoms. The van der Waals surface area contributed by atoms with Gasteiger partial charge in [0, 0.05) is 31.1 Å². The summed E-state index contributed by atoms with van der Waals surface area (Å²) in [4.78, 5) is 25.9. The fourth-order valence-corrected chi connectivity index (χ4v) is 3.13. The molecule has 2 aliphatic rings. The Morgan fingerprint density at radius 2 is 2.18 bits per heavy atom. The summed E-state index contributed by atoms with van der Waals surface area (Å²) in [5.74, 6) is 0.825. The third-order valence-electron chi connectivity index (χ3n) is 4.60. The van der Waals surface area contributed by atoms with Crippen molar-refractivity contribution < 1.29 is 14.1 Å². The third kappa shape index (κ3) is 3.15. The fraction of sp³-hybridized carbons (Fsp3) is 0.688. The summed E-state index contributed by atoms with van der Waals surface area (Å²) in [5.41, 5.74) is 2.05. The van der Waals surface area contributed by atoms with Gasteiger partial charge in [0.15, 0.2) is 0 Å². The SMILES string of the molecule is Cc1noc(C)c1CCCNC(=O)[C@@H]1CC(=O)N(C2CC2)C1. The van der Waals surface area contributed by atoms with E-state index in [-0.39, 0.29) is 17.7 Å². The molecule has 1 aliphatic carbocycles. The Balaban J connectivity index is 1.40. The molecule has 22 heavy (non-hydrogen) atoms. The minimum atomic E-state index is -0.174. The van der Waals surface area contributed by atoms with Crippen molar-refractivity contribution in [3.63, 3.8) is 0 Å². The van der Waals surface area contributed by atoms with Gasteiger partial charge in [-0.15, -0.1) is 0 Å². The Labute approximate surface area is 130 Å². The number of carbonyl (C=O) groups is 2. The summed E-state index contributed by atoms with van der Waals surface area (Å²) in [5, 5.41) is 6.88. The van der Waals surface area contributed by atoms with Crippen LogP contribution >= 0.6 is 0 Å². The van der Waals surface area contributed by atoms with Gasteiger partial charge in [-0.2, -0.15) is 0 Å². The lowest BCUT2D eigenvalue weighted by Gasteiger charge is -2.15. The highest BCUT2D eigenvalue weighted by Crippen LogP contribution is 2.32. The highest BCUT2D eigenvalue weighted by atomic mass is 16.5. The van der Waals surface area contributed by atoms with Gasteiger partial charge in [0.25, 0.3) is 0 Å². The van der Waals surface area contributed by atoms with Crippen molar-refractivity contribution in [3.8, 4) is 0 Å². The topological polar surface area (TPSA) is 75.4 Å². The van der Waals surface area contributed by atoms with Crippen LogP contribution in [0.25, 0.3) is 0 Å². The second kappa shape index (κ2) is 6.10. The number of aromatic nitrogens is 1. The maximum Gasteiger partial charge on any atom is 0.225 e. The van der Waals surface area contributed by atoms with Crippen LogP contribution in [0, 0.1) is 19.8 Å². The van der Waals surface area contributed by atoms with Gasteiger partial charge in [-0.3, -0.25) is 9.59 Å². The quantitative estimate of drug-likeness (QED) is 0.805. The number of aryl methyl sites for hydroxylation is 2. The molecule has 2 fully saturated rings. The fourth-order valence-electron chi connectivity index (χ4n) is 3.13. The van der Waals surface area contributed by atoms with Gasteiger partial charge in [0.05, 0.1) is 11.6 Å². The van der Waals surface area contributed by atoms with E-state index < -0.39 is 0 Å². The van der Waals surface area contributed by atoms with Crippen molar-refractivity contribution >= 4 is 11.8 Å². The molecule has 0 unspecified atom stereocenters. The van der Waals surface area contributed by atoms with Gasteiger partial charge < -0.3 is 14.7 Å². The molecule has 2 heterocycles. The minimum absolute atomic E-state index is 0.00950. The predicted molar refractivity (Wildman–Crippen MR) is 80.1 cm³/mol. The lowest BCUT2D eigenvalue weighted by atomic mass is 10.1. The first kappa shape index (κ1) is 15.1. The Morgan fingerprint density at radius 1 is 1.41 bits per heavy atom. The Morgan fingerprint density at radius 3 is 2.82 bits per heavy atom. The van der Waals surface area contributed by atoms with E-state index in [2.05, 4.69) is 10.5 Å². The number of likely N-dealkylation sites (tertiary alicyclic amines) is 1. The molecule has 2 amide bonds. The lowest BCUT2D eigenvalue weighted by Crippen LogP contribution is -2.34. The first-order valence-corrected chi connectivity index (χ1v) is 8.05. The van der Waals surface area contributed by atoms with E-state index in [0.717, 1.165) is 42.7 Å². The molecule has 0 aromatic carbocycles. The van der Waals surface area contributed by atoms with Crippen LogP contribution in [0.4, 0.5) is 0 Å². The van der Waals surface area contributed by atoms with Crippen LogP contribution in [-0.2, 0) is 16.0 Å². The van der Waals surface area contributed by atoms with Crippen LogP contribution in [0.15, 0.2) is 4.52 Å². The van der Waals surface area contributed by atoms with Crippen LogP contribution in [-0.4, -0.2) is 41.0 Å². The summed E-state index contributed by atoms with van der Waals surface area (Å²) in [6.45, 7) is 5.06. The molecule has 0 bridgehead atoms. The Hall–Kier alpha value is -1.85. The van der Waals surface area contributed by atoms with Crippen LogP contribution in [0.3, 0.4) is 0 Å². The molecule has 1 saturated carbocycles. The summed E-state index contributed by atoms with van der Waals surface area (Å²) >= 11 is 0. The van der Waals surface area contributed by atoms with Crippen molar-refractivity contribution in [2.24, 2.45) is 5.92 Å². The first-order valence-electron chi connectivity index (χ1n) is 8.05. The highest BCUT2D eigenvalue weighted by molar-refractivity contribution is 5.89. The van der Waals surface area contributed by atoms with Gasteiger partial charge in [0.2, 0.25) is 11.8 Å². The Bertz CT molecular complexity index is 558. The maximum absolute atomic E-state index is 12.2. The predicted octanol–water partition coefficient (Wildman–Crippen LogP) is 1.35. The zero-order chi connectivity index (χ0) is 15.7. The summed E-state index contributed by atoms with van der Waals surface area (Å²) in [6, 6.07) is 0.407. The van der Waals surface area contributed by atoms with Crippen LogP contribution in [0.2, 0.25) is 0 Å². The molecule has 1 aromatic heterocycles. The molecule has 1 aliphatic heterocycles. The number of nitrogens with one attached hydrogen (secondary N) is 1. The van der Waals surface area contributed by atoms with Crippen molar-refractivity contribution in [2.75, 3.05) is 13.1 Å². The van der Waals surface area contributed by atoms with Gasteiger partial charge in [-0.25, -0.2) is 0 Å². The van der Waals surface area contributed by atoms with E-state index in [4.69, 9.17) is 4.52 Å². The van der Waals surface area contributed by atoms with Crippen LogP contribution < -0.4 is 5.32 Å². The standard InChI is InChI=1S/C16H23N3O3/c1-10-14(11(2)22-18-10)4-3-7-17-16(21)12-8-15(20)19(9-12)13-5-6-13/h12-13H,3-9H2,1-2H3,(H,17,21)/t12-/m1/s1. The lowest BCUT2D eigenvalue weighted by molar-refractivity contribution is -0.129. The monoisotopic (exact) mass is 305 g/mol. The third-order valence-corrected chi connectivity index (χ3v) is 4.60. The van der Waals surface area contributed by atoms with Crippen molar-refractivity contribution in [1.82, 2.24) is 15.4 Å². The van der Waals surface area contributed by atoms with E-state index >= 15 is 0 Å². The highest BCUT2D eigenvalue weighted by Gasteiger charge is 2.41. The van der Waals surface area contributed by atoms with E-state index in [9.17, 15) is 9.59 Å². The van der Waals surface area contributed by atoms with Crippen LogP contribution in [0.1, 0.15) is 42.7 Å². The van der Waals surface area contributed by atoms with E-state index in [0.29, 0.717) is 25.6 Å². The first-order chi connectivity index (χ1) is 10.6. The van der Waals surface area contributed by atoms with Gasteiger partial charge >= 0.3 is 0 Å². The molecule has 0 radical (unpaired) electrons. The average molecular weight is 305 g/mol. The summed E-state index contributed by atoms with van der Waals surface area (Å²) in [6.07, 6.45) is 4.25. The maximum atomic E-state index is 12.2. The number of hydrogen-bond acceptors (Lipinski definition) is 4. The van der Waals surface area contributed by atoms with Crippen molar-refractivity contribution in [2.45, 2.75) is 52.0 Å². The molecule has 120 valence electrons. The van der Waals surface area contributed by atoms with Gasteiger partial charge in [-0.05, 0) is 39.5 Å². The number of amides is 2. The normalized spacial score (nSPS) is 21.5. The molecular weight excluding hydrogens is 282 g/mol. The molecule has 1 N–H and O–H groups in total. The zero-order valence-electron chi connectivity index (χ0n) is 13.2. The van der Waals surface area contributed by atoms with E-state index in [1.807, 2.05) is 18.7 Å². The molecule has 3 rings (SSSR count). The number of carbonyl (C=O) groups excluding carboxylic acids is 2. The van der Waals surface area contributed by atoms with Gasteiger partial charge in [-0.1, -0.05) is 5.16 Å². The minimum Gasteiger partial charge on any atom is -0.361 e. The number of rotatable bonds is 6. The molecule has 1 saturated heterocycles. The number of nitrogens with zero attached hydrogens (tertiary/aromatic N) is 2. The summed E-state index contributed by atoms with van der Waals surface area (Å²) in [7, 11) is 0. The van der Waals surface area contributed by atoms with Gasteiger partial charge in [0.1, 0.15) is 5.76 Å². The molecule has 1 atom stereocenters. The van der Waals surface area contributed by atoms with Crippen molar-refractivity contribution in [3.05, 3.63) is 17.0 Å². The Kier molecular flexibility index (Phi) is 4.18. The smallest absolute Gasteiger partial charge is 0.225 e. The average Bonchev–Trinajstić information content (AvgIpc) is 3.19. The molecule has 6 nitrogen and oxygen atoms in total. The van der Waals surface area contributed by atoms with E-state index in [1.165, 1.54) is 0 Å². The summed E-state index contributed by atoms with van der Waals surface area (Å²) < 4.78 is 5.13. The second-order valence-electron chi connectivity index (χ2n) is 6.38. The number of hydrogen-bond donors (Lipinski definition) is 1. The second-order valence-corrected chi connectivity index (χ2v) is 6.38. The molecule has 1 aromatic rings. The van der Waals surface area contributed by atoms with Crippen molar-refractivity contribution in [1.29, 1.82) is 0 Å². The largest absolute Gasteiger partial charge is 0.361 e. The molecule has 6 heteroatoms. The zero-order valence-corrected chi connectivity index (χ0v) is 13.2. The van der Waals surface area contributed by atoms with Crippen LogP contribution in [0.5, 0.6) is 0 Å².